The van der Waals surface area contributed by atoms with Crippen molar-refractivity contribution in [3.8, 4) is 0 Å². The van der Waals surface area contributed by atoms with Gasteiger partial charge in [-0.3, -0.25) is 4.79 Å². The minimum Gasteiger partial charge on any atom is -0.369 e. The lowest BCUT2D eigenvalue weighted by atomic mass is 10.3. The minimum atomic E-state index is -0.266. The summed E-state index contributed by atoms with van der Waals surface area (Å²) in [7, 11) is 0. The fourth-order valence-electron chi connectivity index (χ4n) is 1.48. The van der Waals surface area contributed by atoms with Crippen molar-refractivity contribution in [2.75, 3.05) is 17.2 Å². The summed E-state index contributed by atoms with van der Waals surface area (Å²) in [4.78, 5) is 20.1. The molecule has 0 fully saturated rings. The molecule has 0 unspecified atom stereocenters. The first kappa shape index (κ1) is 13.7. The highest BCUT2D eigenvalue weighted by Crippen LogP contribution is 2.13. The summed E-state index contributed by atoms with van der Waals surface area (Å²) in [5.41, 5.74) is 1.04. The van der Waals surface area contributed by atoms with Crippen LogP contribution < -0.4 is 10.6 Å². The van der Waals surface area contributed by atoms with Crippen LogP contribution in [0.15, 0.2) is 36.7 Å². The van der Waals surface area contributed by atoms with E-state index in [1.807, 2.05) is 31.2 Å². The summed E-state index contributed by atoms with van der Waals surface area (Å²) < 4.78 is 1.06. The molecule has 0 atom stereocenters. The number of amides is 1. The first-order chi connectivity index (χ1) is 9.19. The molecule has 5 nitrogen and oxygen atoms in total. The van der Waals surface area contributed by atoms with Crippen molar-refractivity contribution in [1.82, 2.24) is 9.97 Å². The predicted octanol–water partition coefficient (Wildman–Crippen LogP) is 2.77. The van der Waals surface area contributed by atoms with Crippen molar-refractivity contribution in [1.29, 1.82) is 0 Å². The third kappa shape index (κ3) is 3.88. The van der Waals surface area contributed by atoms with Gasteiger partial charge in [-0.25, -0.2) is 9.97 Å². The van der Waals surface area contributed by atoms with Gasteiger partial charge in [0.2, 0.25) is 0 Å². The zero-order valence-electron chi connectivity index (χ0n) is 10.4. The van der Waals surface area contributed by atoms with Gasteiger partial charge in [-0.05, 0) is 47.7 Å². The molecule has 1 heterocycles. The lowest BCUT2D eigenvalue weighted by Crippen LogP contribution is -2.14. The van der Waals surface area contributed by atoms with E-state index in [0.29, 0.717) is 11.5 Å². The first-order valence-electron chi connectivity index (χ1n) is 5.82. The highest BCUT2D eigenvalue weighted by atomic mass is 127. The molecule has 19 heavy (non-hydrogen) atoms. The molecular weight excluding hydrogens is 355 g/mol. The van der Waals surface area contributed by atoms with Crippen LogP contribution in [0.1, 0.15) is 17.4 Å². The van der Waals surface area contributed by atoms with Crippen molar-refractivity contribution in [3.05, 3.63) is 45.9 Å². The van der Waals surface area contributed by atoms with Crippen LogP contribution in [-0.4, -0.2) is 22.4 Å². The Morgan fingerprint density at radius 3 is 2.79 bits per heavy atom. The van der Waals surface area contributed by atoms with Crippen molar-refractivity contribution in [2.45, 2.75) is 6.92 Å². The van der Waals surface area contributed by atoms with Gasteiger partial charge in [0.05, 0.1) is 12.4 Å². The largest absolute Gasteiger partial charge is 0.369 e. The van der Waals surface area contributed by atoms with Crippen LogP contribution >= 0.6 is 22.6 Å². The average Bonchev–Trinajstić information content (AvgIpc) is 2.40. The fourth-order valence-corrected chi connectivity index (χ4v) is 2.02. The zero-order valence-corrected chi connectivity index (χ0v) is 12.5. The van der Waals surface area contributed by atoms with Crippen LogP contribution in [0, 0.1) is 3.57 Å². The summed E-state index contributed by atoms with van der Waals surface area (Å²) in [6, 6.07) is 7.57. The number of hydrogen-bond acceptors (Lipinski definition) is 4. The van der Waals surface area contributed by atoms with Gasteiger partial charge in [-0.2, -0.15) is 0 Å². The summed E-state index contributed by atoms with van der Waals surface area (Å²) in [6.07, 6.45) is 3.01. The average molecular weight is 368 g/mol. The Bertz CT molecular complexity index is 571. The summed E-state index contributed by atoms with van der Waals surface area (Å²) in [5.74, 6) is 0.394. The van der Waals surface area contributed by atoms with E-state index in [-0.39, 0.29) is 5.91 Å². The third-order valence-electron chi connectivity index (χ3n) is 2.32. The Morgan fingerprint density at radius 2 is 2.16 bits per heavy atom. The quantitative estimate of drug-likeness (QED) is 0.815. The van der Waals surface area contributed by atoms with Crippen LogP contribution in [0.25, 0.3) is 0 Å². The van der Waals surface area contributed by atoms with Gasteiger partial charge in [0, 0.05) is 15.8 Å². The second-order valence-electron chi connectivity index (χ2n) is 3.78. The molecule has 98 valence electrons. The molecule has 2 aromatic rings. The van der Waals surface area contributed by atoms with Gasteiger partial charge in [0.25, 0.3) is 5.91 Å². The highest BCUT2D eigenvalue weighted by molar-refractivity contribution is 14.1. The molecule has 0 aliphatic carbocycles. The lowest BCUT2D eigenvalue weighted by molar-refractivity contribution is 0.102. The van der Waals surface area contributed by atoms with Crippen molar-refractivity contribution in [3.63, 3.8) is 0 Å². The maximum absolute atomic E-state index is 12.0. The van der Waals surface area contributed by atoms with Gasteiger partial charge in [-0.1, -0.05) is 6.07 Å². The Hall–Kier alpha value is -1.70. The lowest BCUT2D eigenvalue weighted by Gasteiger charge is -2.06. The first-order valence-corrected chi connectivity index (χ1v) is 6.89. The molecule has 0 saturated heterocycles. The molecule has 1 aromatic heterocycles. The Kier molecular flexibility index (Phi) is 4.67. The number of nitrogens with zero attached hydrogens (tertiary/aromatic N) is 2. The van der Waals surface area contributed by atoms with E-state index in [1.165, 1.54) is 6.20 Å². The molecule has 0 aliphatic rings. The number of halogens is 1. The number of nitrogens with one attached hydrogen (secondary N) is 2. The summed E-state index contributed by atoms with van der Waals surface area (Å²) in [5, 5.41) is 5.81. The number of hydrogen-bond donors (Lipinski definition) is 2. The van der Waals surface area contributed by atoms with E-state index in [1.54, 1.807) is 6.20 Å². The van der Waals surface area contributed by atoms with Gasteiger partial charge >= 0.3 is 0 Å². The van der Waals surface area contributed by atoms with E-state index >= 15 is 0 Å². The number of carbonyl (C=O) groups is 1. The molecule has 0 saturated carbocycles. The second-order valence-corrected chi connectivity index (χ2v) is 5.03. The predicted molar refractivity (Wildman–Crippen MR) is 83.3 cm³/mol. The van der Waals surface area contributed by atoms with Crippen LogP contribution in [-0.2, 0) is 0 Å². The maximum atomic E-state index is 12.0. The molecule has 1 amide bonds. The fraction of sp³-hybridized carbons (Fsp3) is 0.154. The Morgan fingerprint density at radius 1 is 1.32 bits per heavy atom. The Labute approximate surface area is 125 Å². The topological polar surface area (TPSA) is 66.9 Å². The molecule has 0 spiro atoms. The van der Waals surface area contributed by atoms with Crippen LogP contribution in [0.4, 0.5) is 11.5 Å². The molecule has 2 rings (SSSR count). The monoisotopic (exact) mass is 368 g/mol. The number of benzene rings is 1. The Balaban J connectivity index is 2.07. The maximum Gasteiger partial charge on any atom is 0.275 e. The molecule has 2 N–H and O–H groups in total. The van der Waals surface area contributed by atoms with Gasteiger partial charge in [-0.15, -0.1) is 0 Å². The van der Waals surface area contributed by atoms with Crippen LogP contribution in [0.5, 0.6) is 0 Å². The second kappa shape index (κ2) is 6.46. The highest BCUT2D eigenvalue weighted by Gasteiger charge is 2.08. The van der Waals surface area contributed by atoms with Crippen molar-refractivity contribution < 1.29 is 4.79 Å². The van der Waals surface area contributed by atoms with E-state index < -0.39 is 0 Å². The molecule has 1 aromatic carbocycles. The summed E-state index contributed by atoms with van der Waals surface area (Å²) in [6.45, 7) is 2.74. The zero-order chi connectivity index (χ0) is 13.7. The normalized spacial score (nSPS) is 10.0. The smallest absolute Gasteiger partial charge is 0.275 e. The number of anilines is 2. The SMILES string of the molecule is CCNc1cnc(C(=O)Nc2cccc(I)c2)cn1. The third-order valence-corrected chi connectivity index (χ3v) is 3.00. The minimum absolute atomic E-state index is 0.266. The van der Waals surface area contributed by atoms with Gasteiger partial charge < -0.3 is 10.6 Å². The number of aromatic nitrogens is 2. The van der Waals surface area contributed by atoms with E-state index in [0.717, 1.165) is 15.8 Å². The molecule has 6 heteroatoms. The number of rotatable bonds is 4. The molecule has 0 radical (unpaired) electrons. The van der Waals surface area contributed by atoms with E-state index in [9.17, 15) is 4.79 Å². The van der Waals surface area contributed by atoms with Crippen LogP contribution in [0.3, 0.4) is 0 Å². The van der Waals surface area contributed by atoms with Gasteiger partial charge in [0.1, 0.15) is 11.5 Å². The van der Waals surface area contributed by atoms with Crippen LogP contribution in [0.2, 0.25) is 0 Å². The standard InChI is InChI=1S/C13H13IN4O/c1-2-15-12-8-16-11(7-17-12)13(19)18-10-5-3-4-9(14)6-10/h3-8H,2H2,1H3,(H,15,17)(H,18,19). The van der Waals surface area contributed by atoms with Gasteiger partial charge in [0.15, 0.2) is 0 Å². The van der Waals surface area contributed by atoms with E-state index in [4.69, 9.17) is 0 Å². The molecular formula is C13H13IN4O. The molecule has 0 bridgehead atoms. The van der Waals surface area contributed by atoms with Crippen molar-refractivity contribution >= 4 is 40.0 Å². The number of carbonyl (C=O) groups excluding carboxylic acids is 1. The van der Waals surface area contributed by atoms with E-state index in [2.05, 4.69) is 43.2 Å². The summed E-state index contributed by atoms with van der Waals surface area (Å²) >= 11 is 2.19. The van der Waals surface area contributed by atoms with Crippen molar-refractivity contribution in [2.24, 2.45) is 0 Å². The molecule has 0 aliphatic heterocycles.